The van der Waals surface area contributed by atoms with Gasteiger partial charge in [-0.1, -0.05) is 12.1 Å². The standard InChI is InChI=1S/C18H23FN4O2/c1-11-15(18(25-3)22(2)21-11)14-5-4-10-23(14)16(17(20)24)12-6-8-13(19)9-7-12/h6-9,14,16H,4-5,10H2,1-3H3,(H2,20,24)/t14-,16+/m0/s1. The second-order valence-electron chi connectivity index (χ2n) is 6.38. The van der Waals surface area contributed by atoms with Gasteiger partial charge in [0, 0.05) is 13.1 Å². The van der Waals surface area contributed by atoms with Gasteiger partial charge >= 0.3 is 0 Å². The van der Waals surface area contributed by atoms with Crippen LogP contribution >= 0.6 is 0 Å². The SMILES string of the molecule is COc1c([C@@H]2CCCN2[C@@H](C(N)=O)c2ccc(F)cc2)c(C)nn1C. The van der Waals surface area contributed by atoms with E-state index in [-0.39, 0.29) is 11.9 Å². The number of nitrogens with zero attached hydrogens (tertiary/aromatic N) is 3. The van der Waals surface area contributed by atoms with Crippen molar-refractivity contribution in [1.29, 1.82) is 0 Å². The van der Waals surface area contributed by atoms with Gasteiger partial charge < -0.3 is 10.5 Å². The second kappa shape index (κ2) is 6.84. The van der Waals surface area contributed by atoms with E-state index in [0.29, 0.717) is 11.4 Å². The summed E-state index contributed by atoms with van der Waals surface area (Å²) in [5, 5.41) is 4.45. The van der Waals surface area contributed by atoms with Crippen LogP contribution in [0.4, 0.5) is 4.39 Å². The third-order valence-corrected chi connectivity index (χ3v) is 4.82. The number of amides is 1. The number of rotatable bonds is 5. The summed E-state index contributed by atoms with van der Waals surface area (Å²) in [5.41, 5.74) is 8.27. The van der Waals surface area contributed by atoms with Crippen LogP contribution in [0.2, 0.25) is 0 Å². The van der Waals surface area contributed by atoms with E-state index in [2.05, 4.69) is 10.00 Å². The Balaban J connectivity index is 2.02. The Morgan fingerprint density at radius 3 is 2.68 bits per heavy atom. The molecule has 7 heteroatoms. The van der Waals surface area contributed by atoms with E-state index in [9.17, 15) is 9.18 Å². The fourth-order valence-electron chi connectivity index (χ4n) is 3.85. The zero-order valence-corrected chi connectivity index (χ0v) is 14.7. The van der Waals surface area contributed by atoms with E-state index >= 15 is 0 Å². The molecule has 3 rings (SSSR count). The number of primary amides is 1. The van der Waals surface area contributed by atoms with Crippen molar-refractivity contribution in [3.63, 3.8) is 0 Å². The fraction of sp³-hybridized carbons (Fsp3) is 0.444. The van der Waals surface area contributed by atoms with E-state index in [1.165, 1.54) is 12.1 Å². The molecule has 1 aromatic carbocycles. The van der Waals surface area contributed by atoms with Gasteiger partial charge in [-0.15, -0.1) is 0 Å². The molecule has 1 aliphatic heterocycles. The molecule has 0 aliphatic carbocycles. The normalized spacial score (nSPS) is 19.1. The first-order chi connectivity index (χ1) is 11.9. The Kier molecular flexibility index (Phi) is 4.76. The highest BCUT2D eigenvalue weighted by atomic mass is 19.1. The largest absolute Gasteiger partial charge is 0.481 e. The molecule has 2 aromatic rings. The van der Waals surface area contributed by atoms with Gasteiger partial charge in [0.2, 0.25) is 11.8 Å². The van der Waals surface area contributed by atoms with Crippen LogP contribution in [0, 0.1) is 12.7 Å². The number of ether oxygens (including phenoxy) is 1. The van der Waals surface area contributed by atoms with E-state index in [1.807, 2.05) is 14.0 Å². The van der Waals surface area contributed by atoms with Gasteiger partial charge in [0.25, 0.3) is 0 Å². The van der Waals surface area contributed by atoms with Crippen LogP contribution in [0.15, 0.2) is 24.3 Å². The number of nitrogens with two attached hydrogens (primary N) is 1. The fourth-order valence-corrected chi connectivity index (χ4v) is 3.85. The highest BCUT2D eigenvalue weighted by Crippen LogP contribution is 2.43. The number of aromatic nitrogens is 2. The molecular weight excluding hydrogens is 323 g/mol. The number of hydrogen-bond donors (Lipinski definition) is 1. The van der Waals surface area contributed by atoms with E-state index in [1.54, 1.807) is 23.9 Å². The number of halogens is 1. The van der Waals surface area contributed by atoms with Crippen molar-refractivity contribution in [2.45, 2.75) is 31.8 Å². The summed E-state index contributed by atoms with van der Waals surface area (Å²) >= 11 is 0. The number of methoxy groups -OCH3 is 1. The van der Waals surface area contributed by atoms with Crippen LogP contribution in [0.1, 0.15) is 41.7 Å². The molecule has 134 valence electrons. The Bertz CT molecular complexity index is 772. The first kappa shape index (κ1) is 17.4. The van der Waals surface area contributed by atoms with Crippen LogP contribution in [-0.2, 0) is 11.8 Å². The number of aryl methyl sites for hydroxylation is 2. The van der Waals surface area contributed by atoms with Gasteiger partial charge in [-0.2, -0.15) is 5.10 Å². The van der Waals surface area contributed by atoms with Gasteiger partial charge in [0.1, 0.15) is 11.9 Å². The predicted octanol–water partition coefficient (Wildman–Crippen LogP) is 2.24. The molecule has 1 amide bonds. The summed E-state index contributed by atoms with van der Waals surface area (Å²) in [4.78, 5) is 14.3. The molecule has 1 saturated heterocycles. The van der Waals surface area contributed by atoms with E-state index in [4.69, 9.17) is 10.5 Å². The van der Waals surface area contributed by atoms with E-state index in [0.717, 1.165) is 30.6 Å². The van der Waals surface area contributed by atoms with Crippen LogP contribution < -0.4 is 10.5 Å². The lowest BCUT2D eigenvalue weighted by Gasteiger charge is -2.31. The van der Waals surface area contributed by atoms with Crippen LogP contribution in [0.25, 0.3) is 0 Å². The average molecular weight is 346 g/mol. The lowest BCUT2D eigenvalue weighted by atomic mass is 10.00. The van der Waals surface area contributed by atoms with Gasteiger partial charge in [0.05, 0.1) is 18.4 Å². The van der Waals surface area contributed by atoms with Crippen molar-refractivity contribution in [2.75, 3.05) is 13.7 Å². The zero-order chi connectivity index (χ0) is 18.1. The Hall–Kier alpha value is -2.41. The topological polar surface area (TPSA) is 73.4 Å². The number of hydrogen-bond acceptors (Lipinski definition) is 4. The summed E-state index contributed by atoms with van der Waals surface area (Å²) < 4.78 is 20.5. The third kappa shape index (κ3) is 3.11. The van der Waals surface area contributed by atoms with Crippen molar-refractivity contribution in [1.82, 2.24) is 14.7 Å². The van der Waals surface area contributed by atoms with Crippen LogP contribution in [-0.4, -0.2) is 34.2 Å². The molecule has 0 radical (unpaired) electrons. The maximum Gasteiger partial charge on any atom is 0.239 e. The zero-order valence-electron chi connectivity index (χ0n) is 14.7. The van der Waals surface area contributed by atoms with Crippen molar-refractivity contribution in [2.24, 2.45) is 12.8 Å². The van der Waals surface area contributed by atoms with Crippen molar-refractivity contribution < 1.29 is 13.9 Å². The summed E-state index contributed by atoms with van der Waals surface area (Å²) in [6, 6.07) is 5.31. The summed E-state index contributed by atoms with van der Waals surface area (Å²) in [5.74, 6) is -0.0922. The second-order valence-corrected chi connectivity index (χ2v) is 6.38. The highest BCUT2D eigenvalue weighted by molar-refractivity contribution is 5.81. The van der Waals surface area contributed by atoms with Gasteiger partial charge in [-0.3, -0.25) is 9.69 Å². The summed E-state index contributed by atoms with van der Waals surface area (Å²) in [7, 11) is 3.45. The monoisotopic (exact) mass is 346 g/mol. The van der Waals surface area contributed by atoms with E-state index < -0.39 is 11.9 Å². The number of likely N-dealkylation sites (tertiary alicyclic amines) is 1. The van der Waals surface area contributed by atoms with Gasteiger partial charge in [0.15, 0.2) is 0 Å². The lowest BCUT2D eigenvalue weighted by molar-refractivity contribution is -0.123. The quantitative estimate of drug-likeness (QED) is 0.901. The minimum Gasteiger partial charge on any atom is -0.481 e. The molecule has 0 unspecified atom stereocenters. The number of benzene rings is 1. The Labute approximate surface area is 146 Å². The first-order valence-electron chi connectivity index (χ1n) is 8.32. The molecular formula is C18H23FN4O2. The van der Waals surface area contributed by atoms with Crippen molar-refractivity contribution >= 4 is 5.91 Å². The molecule has 25 heavy (non-hydrogen) atoms. The predicted molar refractivity (Wildman–Crippen MR) is 91.5 cm³/mol. The molecule has 2 atom stereocenters. The molecule has 2 N–H and O–H groups in total. The molecule has 1 aliphatic rings. The minimum absolute atomic E-state index is 0.0220. The molecule has 1 fully saturated rings. The van der Waals surface area contributed by atoms with Crippen molar-refractivity contribution in [3.8, 4) is 5.88 Å². The highest BCUT2D eigenvalue weighted by Gasteiger charge is 2.38. The smallest absolute Gasteiger partial charge is 0.239 e. The average Bonchev–Trinajstić information content (AvgIpc) is 3.12. The van der Waals surface area contributed by atoms with Crippen LogP contribution in [0.3, 0.4) is 0 Å². The number of carbonyl (C=O) groups is 1. The number of carbonyl (C=O) groups excluding carboxylic acids is 1. The minimum atomic E-state index is -0.614. The maximum absolute atomic E-state index is 13.3. The molecule has 1 aromatic heterocycles. The summed E-state index contributed by atoms with van der Waals surface area (Å²) in [6.07, 6.45) is 1.82. The third-order valence-electron chi connectivity index (χ3n) is 4.82. The maximum atomic E-state index is 13.3. The Morgan fingerprint density at radius 2 is 2.08 bits per heavy atom. The summed E-state index contributed by atoms with van der Waals surface area (Å²) in [6.45, 7) is 2.67. The van der Waals surface area contributed by atoms with Gasteiger partial charge in [-0.25, -0.2) is 9.07 Å². The molecule has 2 heterocycles. The molecule has 0 bridgehead atoms. The molecule has 0 saturated carbocycles. The lowest BCUT2D eigenvalue weighted by Crippen LogP contribution is -2.37. The van der Waals surface area contributed by atoms with Gasteiger partial charge in [-0.05, 0) is 44.0 Å². The molecule has 6 nitrogen and oxygen atoms in total. The van der Waals surface area contributed by atoms with Crippen molar-refractivity contribution in [3.05, 3.63) is 46.9 Å². The van der Waals surface area contributed by atoms with Crippen LogP contribution in [0.5, 0.6) is 5.88 Å². The Morgan fingerprint density at radius 1 is 1.40 bits per heavy atom. The molecule has 0 spiro atoms. The first-order valence-corrected chi connectivity index (χ1v) is 8.32.